The fourth-order valence-corrected chi connectivity index (χ4v) is 6.86. The molecule has 0 spiro atoms. The van der Waals surface area contributed by atoms with Gasteiger partial charge in [0.15, 0.2) is 0 Å². The Bertz CT molecular complexity index is 1310. The number of likely N-dealkylation sites (N-methyl/N-ethyl adjacent to an activating group) is 1. The molecule has 40 heavy (non-hydrogen) atoms. The predicted octanol–water partition coefficient (Wildman–Crippen LogP) is 2.65. The summed E-state index contributed by atoms with van der Waals surface area (Å²) in [5, 5.41) is 9.52. The molecule has 0 N–H and O–H groups in total. The minimum absolute atomic E-state index is 0.106. The fraction of sp³-hybridized carbons (Fsp3) is 0.548. The maximum atomic E-state index is 12.5. The molecule has 0 unspecified atom stereocenters. The van der Waals surface area contributed by atoms with Crippen LogP contribution in [0.3, 0.4) is 0 Å². The highest BCUT2D eigenvalue weighted by atomic mass is 16.2. The van der Waals surface area contributed by atoms with Crippen LogP contribution in [0.2, 0.25) is 0 Å². The molecule has 1 aromatic heterocycles. The van der Waals surface area contributed by atoms with Crippen LogP contribution in [0.5, 0.6) is 0 Å². The molecule has 2 aromatic rings. The first-order valence-electron chi connectivity index (χ1n) is 14.7. The Morgan fingerprint density at radius 2 is 1.95 bits per heavy atom. The third-order valence-corrected chi connectivity index (χ3v) is 9.24. The number of carbonyl (C=O) groups excluding carboxylic acids is 1. The highest BCUT2D eigenvalue weighted by Gasteiger charge is 2.37. The number of carbonyl (C=O) groups is 1. The van der Waals surface area contributed by atoms with Crippen LogP contribution in [0.1, 0.15) is 36.1 Å². The molecule has 0 radical (unpaired) electrons. The van der Waals surface area contributed by atoms with E-state index in [0.29, 0.717) is 38.1 Å². The van der Waals surface area contributed by atoms with E-state index < -0.39 is 0 Å². The van der Waals surface area contributed by atoms with E-state index in [0.717, 1.165) is 62.8 Å². The summed E-state index contributed by atoms with van der Waals surface area (Å²) in [6.07, 6.45) is 6.90. The van der Waals surface area contributed by atoms with Gasteiger partial charge in [-0.3, -0.25) is 4.79 Å². The van der Waals surface area contributed by atoms with Crippen LogP contribution in [0.25, 0.3) is 0 Å². The van der Waals surface area contributed by atoms with E-state index >= 15 is 0 Å². The summed E-state index contributed by atoms with van der Waals surface area (Å²) < 4.78 is 0. The number of rotatable bonds is 6. The number of piperazine rings is 1. The van der Waals surface area contributed by atoms with E-state index in [1.807, 2.05) is 0 Å². The fourth-order valence-electron chi connectivity index (χ4n) is 6.86. The lowest BCUT2D eigenvalue weighted by Gasteiger charge is -2.45. The van der Waals surface area contributed by atoms with Crippen LogP contribution in [-0.2, 0) is 24.1 Å². The van der Waals surface area contributed by atoms with Gasteiger partial charge in [0, 0.05) is 69.0 Å². The summed E-state index contributed by atoms with van der Waals surface area (Å²) >= 11 is 0. The van der Waals surface area contributed by atoms with E-state index in [-0.39, 0.29) is 11.9 Å². The molecule has 1 aliphatic carbocycles. The maximum absolute atomic E-state index is 12.5. The number of nitriles is 1. The quantitative estimate of drug-likeness (QED) is 0.518. The van der Waals surface area contributed by atoms with Crippen molar-refractivity contribution in [3.63, 3.8) is 0 Å². The number of benzene rings is 1. The van der Waals surface area contributed by atoms with Gasteiger partial charge in [0.1, 0.15) is 5.82 Å². The van der Waals surface area contributed by atoms with E-state index in [4.69, 9.17) is 9.97 Å². The Labute approximate surface area is 237 Å². The molecule has 1 aromatic carbocycles. The van der Waals surface area contributed by atoms with E-state index in [1.165, 1.54) is 29.3 Å². The topological polar surface area (TPSA) is 82.8 Å². The van der Waals surface area contributed by atoms with Gasteiger partial charge in [-0.25, -0.2) is 4.98 Å². The number of amides is 1. The standard InChI is InChI=1S/C31H40N8O/c1-4-29(40)39-17-16-36(19-24(39)13-14-32)30-26-12-11-23(38-15-7-9-22-8-5-6-10-28(22)38)18-27(26)33-31(34-30)37-20-25(21-37)35(2)3/h4-6,8,10,23-25H,1,7,9,11-13,15-21H2,2-3H3/t23-,24+/m1/s1. The van der Waals surface area contributed by atoms with Gasteiger partial charge in [0.2, 0.25) is 11.9 Å². The molecule has 3 aliphatic heterocycles. The van der Waals surface area contributed by atoms with Crippen LogP contribution >= 0.6 is 0 Å². The monoisotopic (exact) mass is 540 g/mol. The first-order chi connectivity index (χ1) is 19.5. The molecule has 2 atom stereocenters. The molecular formula is C31H40N8O. The Morgan fingerprint density at radius 3 is 2.73 bits per heavy atom. The van der Waals surface area contributed by atoms with Crippen molar-refractivity contribution in [2.24, 2.45) is 0 Å². The van der Waals surface area contributed by atoms with Crippen molar-refractivity contribution in [2.75, 3.05) is 68.1 Å². The number of para-hydroxylation sites is 1. The van der Waals surface area contributed by atoms with Crippen molar-refractivity contribution < 1.29 is 4.79 Å². The Kier molecular flexibility index (Phi) is 7.37. The van der Waals surface area contributed by atoms with Crippen molar-refractivity contribution in [2.45, 2.75) is 56.7 Å². The van der Waals surface area contributed by atoms with Gasteiger partial charge in [-0.1, -0.05) is 24.8 Å². The smallest absolute Gasteiger partial charge is 0.246 e. The molecule has 4 heterocycles. The number of anilines is 3. The zero-order valence-corrected chi connectivity index (χ0v) is 23.8. The SMILES string of the molecule is C=CC(=O)N1CCN(c2nc(N3CC(N(C)C)C3)nc3c2CC[C@@H](N2CCCc4ccccc42)C3)C[C@@H]1CC#N. The lowest BCUT2D eigenvalue weighted by molar-refractivity contribution is -0.128. The first-order valence-corrected chi connectivity index (χ1v) is 14.7. The highest BCUT2D eigenvalue weighted by molar-refractivity contribution is 5.87. The molecule has 9 nitrogen and oxygen atoms in total. The van der Waals surface area contributed by atoms with Gasteiger partial charge in [0.25, 0.3) is 0 Å². The minimum atomic E-state index is -0.179. The van der Waals surface area contributed by atoms with Gasteiger partial charge in [-0.15, -0.1) is 0 Å². The molecule has 9 heteroatoms. The summed E-state index contributed by atoms with van der Waals surface area (Å²) in [5.41, 5.74) is 5.24. The summed E-state index contributed by atoms with van der Waals surface area (Å²) in [7, 11) is 4.25. The Hall–Kier alpha value is -3.64. The van der Waals surface area contributed by atoms with E-state index in [1.54, 1.807) is 4.90 Å². The summed E-state index contributed by atoms with van der Waals surface area (Å²) in [6, 6.07) is 11.9. The van der Waals surface area contributed by atoms with Crippen LogP contribution in [0.4, 0.5) is 17.5 Å². The third-order valence-electron chi connectivity index (χ3n) is 9.24. The van der Waals surface area contributed by atoms with E-state index in [2.05, 4.69) is 70.6 Å². The summed E-state index contributed by atoms with van der Waals surface area (Å²) in [5.74, 6) is 1.71. The zero-order chi connectivity index (χ0) is 27.8. The highest BCUT2D eigenvalue weighted by Crippen LogP contribution is 2.37. The largest absolute Gasteiger partial charge is 0.368 e. The van der Waals surface area contributed by atoms with Gasteiger partial charge in [0.05, 0.1) is 24.2 Å². The van der Waals surface area contributed by atoms with E-state index in [9.17, 15) is 10.1 Å². The number of fused-ring (bicyclic) bond motifs is 2. The number of aryl methyl sites for hydroxylation is 1. The van der Waals surface area contributed by atoms with Crippen LogP contribution < -0.4 is 14.7 Å². The molecule has 1 amide bonds. The minimum Gasteiger partial charge on any atom is -0.368 e. The molecule has 0 saturated carbocycles. The summed E-state index contributed by atoms with van der Waals surface area (Å²) in [4.78, 5) is 34.2. The molecular weight excluding hydrogens is 500 g/mol. The second-order valence-corrected chi connectivity index (χ2v) is 11.8. The van der Waals surface area contributed by atoms with Gasteiger partial charge >= 0.3 is 0 Å². The Morgan fingerprint density at radius 1 is 1.12 bits per heavy atom. The predicted molar refractivity (Wildman–Crippen MR) is 158 cm³/mol. The number of hydrogen-bond acceptors (Lipinski definition) is 8. The zero-order valence-electron chi connectivity index (χ0n) is 23.8. The van der Waals surface area contributed by atoms with Gasteiger partial charge in [-0.05, 0) is 57.5 Å². The van der Waals surface area contributed by atoms with Crippen LogP contribution in [0.15, 0.2) is 36.9 Å². The van der Waals surface area contributed by atoms with Crippen molar-refractivity contribution in [1.82, 2.24) is 19.8 Å². The molecule has 4 aliphatic rings. The molecule has 210 valence electrons. The average Bonchev–Trinajstić information content (AvgIpc) is 2.95. The van der Waals surface area contributed by atoms with Crippen LogP contribution in [0, 0.1) is 11.3 Å². The van der Waals surface area contributed by atoms with Crippen molar-refractivity contribution >= 4 is 23.4 Å². The summed E-state index contributed by atoms with van der Waals surface area (Å²) in [6.45, 7) is 8.45. The second-order valence-electron chi connectivity index (χ2n) is 11.8. The lowest BCUT2D eigenvalue weighted by Crippen LogP contribution is -2.58. The van der Waals surface area contributed by atoms with Crippen molar-refractivity contribution in [3.8, 4) is 6.07 Å². The van der Waals surface area contributed by atoms with Crippen molar-refractivity contribution in [3.05, 3.63) is 53.7 Å². The van der Waals surface area contributed by atoms with Crippen LogP contribution in [-0.4, -0.2) is 97.2 Å². The number of hydrogen-bond donors (Lipinski definition) is 0. The molecule has 2 fully saturated rings. The molecule has 6 rings (SSSR count). The van der Waals surface area contributed by atoms with Gasteiger partial charge < -0.3 is 24.5 Å². The first kappa shape index (κ1) is 26.6. The molecule has 2 saturated heterocycles. The third kappa shape index (κ3) is 4.90. The molecule has 0 bridgehead atoms. The number of aromatic nitrogens is 2. The Balaban J connectivity index is 1.32. The van der Waals surface area contributed by atoms with Gasteiger partial charge in [-0.2, -0.15) is 10.2 Å². The normalized spacial score (nSPS) is 22.9. The maximum Gasteiger partial charge on any atom is 0.246 e. The second kappa shape index (κ2) is 11.1. The average molecular weight is 541 g/mol. The number of nitrogens with zero attached hydrogens (tertiary/aromatic N) is 8. The van der Waals surface area contributed by atoms with Crippen molar-refractivity contribution in [1.29, 1.82) is 5.26 Å². The lowest BCUT2D eigenvalue weighted by atomic mass is 9.88.